The summed E-state index contributed by atoms with van der Waals surface area (Å²) < 4.78 is 20.7. The summed E-state index contributed by atoms with van der Waals surface area (Å²) in [7, 11) is 0. The van der Waals surface area contributed by atoms with E-state index in [9.17, 15) is 4.39 Å². The first-order valence-corrected chi connectivity index (χ1v) is 6.13. The Hall–Kier alpha value is -0.360. The number of benzene rings is 1. The van der Waals surface area contributed by atoms with Gasteiger partial charge in [0.2, 0.25) is 0 Å². The van der Waals surface area contributed by atoms with E-state index in [1.54, 1.807) is 6.07 Å². The molecule has 0 aliphatic carbocycles. The average molecular weight is 322 g/mol. The molecule has 0 atom stereocenters. The molecular weight excluding hydrogens is 314 g/mol. The molecule has 0 bridgehead atoms. The van der Waals surface area contributed by atoms with Gasteiger partial charge < -0.3 is 4.74 Å². The zero-order valence-electron chi connectivity index (χ0n) is 7.51. The van der Waals surface area contributed by atoms with Crippen LogP contribution in [0.2, 0.25) is 0 Å². The Morgan fingerprint density at radius 1 is 1.50 bits per heavy atom. The third-order valence-electron chi connectivity index (χ3n) is 1.85. The van der Waals surface area contributed by atoms with Crippen LogP contribution in [0.15, 0.2) is 18.2 Å². The van der Waals surface area contributed by atoms with Gasteiger partial charge in [0.15, 0.2) is 5.06 Å². The molecule has 0 radical (unpaired) electrons. The Bertz CT molecular complexity index is 466. The number of hydrogen-bond acceptors (Lipinski definition) is 2. The standard InChI is InChI=1S/C10H8FIOS/c1-2-13-10-9(12)8-6(11)4-3-5-7(8)14-10/h3-5H,2H2,1H3. The largest absolute Gasteiger partial charge is 0.483 e. The van der Waals surface area contributed by atoms with Gasteiger partial charge in [-0.05, 0) is 41.6 Å². The molecule has 1 nitrogen and oxygen atoms in total. The maximum atomic E-state index is 13.4. The van der Waals surface area contributed by atoms with Gasteiger partial charge in [0.05, 0.1) is 10.2 Å². The van der Waals surface area contributed by atoms with Crippen LogP contribution < -0.4 is 4.74 Å². The molecule has 0 spiro atoms. The van der Waals surface area contributed by atoms with Crippen LogP contribution in [-0.2, 0) is 0 Å². The summed E-state index contributed by atoms with van der Waals surface area (Å²) in [5, 5.41) is 1.50. The van der Waals surface area contributed by atoms with Gasteiger partial charge >= 0.3 is 0 Å². The van der Waals surface area contributed by atoms with Gasteiger partial charge in [0, 0.05) is 10.1 Å². The van der Waals surface area contributed by atoms with Crippen molar-refractivity contribution < 1.29 is 9.13 Å². The lowest BCUT2D eigenvalue weighted by Gasteiger charge is -1.97. The summed E-state index contributed by atoms with van der Waals surface area (Å²) in [5.74, 6) is -0.172. The summed E-state index contributed by atoms with van der Waals surface area (Å²) >= 11 is 3.62. The van der Waals surface area contributed by atoms with Crippen LogP contribution in [0.25, 0.3) is 10.1 Å². The zero-order chi connectivity index (χ0) is 10.1. The quantitative estimate of drug-likeness (QED) is 0.758. The summed E-state index contributed by atoms with van der Waals surface area (Å²) in [6.07, 6.45) is 0. The Morgan fingerprint density at radius 3 is 2.93 bits per heavy atom. The van der Waals surface area contributed by atoms with Crippen LogP contribution in [-0.4, -0.2) is 6.61 Å². The molecule has 0 N–H and O–H groups in total. The summed E-state index contributed by atoms with van der Waals surface area (Å²) in [4.78, 5) is 0. The molecule has 0 aliphatic rings. The molecule has 1 aromatic carbocycles. The van der Waals surface area contributed by atoms with Crippen molar-refractivity contribution in [3.63, 3.8) is 0 Å². The monoisotopic (exact) mass is 322 g/mol. The molecule has 1 heterocycles. The van der Waals surface area contributed by atoms with Crippen molar-refractivity contribution in [1.29, 1.82) is 0 Å². The number of ether oxygens (including phenoxy) is 1. The van der Waals surface area contributed by atoms with Crippen LogP contribution in [0.3, 0.4) is 0 Å². The first kappa shape index (κ1) is 10.2. The van der Waals surface area contributed by atoms with Gasteiger partial charge in [-0.2, -0.15) is 0 Å². The van der Waals surface area contributed by atoms with Gasteiger partial charge in [0.1, 0.15) is 5.82 Å². The molecule has 0 fully saturated rings. The highest BCUT2D eigenvalue weighted by Crippen LogP contribution is 2.39. The molecule has 14 heavy (non-hydrogen) atoms. The van der Waals surface area contributed by atoms with Gasteiger partial charge in [-0.3, -0.25) is 0 Å². The van der Waals surface area contributed by atoms with Gasteiger partial charge in [-0.15, -0.1) is 0 Å². The van der Waals surface area contributed by atoms with E-state index in [-0.39, 0.29) is 5.82 Å². The second kappa shape index (κ2) is 4.02. The molecule has 2 rings (SSSR count). The van der Waals surface area contributed by atoms with Crippen molar-refractivity contribution in [3.05, 3.63) is 27.6 Å². The molecule has 1 aromatic heterocycles. The van der Waals surface area contributed by atoms with Crippen molar-refractivity contribution in [1.82, 2.24) is 0 Å². The Kier molecular flexibility index (Phi) is 2.92. The van der Waals surface area contributed by atoms with E-state index in [4.69, 9.17) is 4.74 Å². The highest BCUT2D eigenvalue weighted by atomic mass is 127. The number of hydrogen-bond donors (Lipinski definition) is 0. The first-order chi connectivity index (χ1) is 6.74. The maximum Gasteiger partial charge on any atom is 0.188 e. The van der Waals surface area contributed by atoms with Crippen LogP contribution in [0.5, 0.6) is 5.06 Å². The summed E-state index contributed by atoms with van der Waals surface area (Å²) in [6, 6.07) is 5.11. The molecular formula is C10H8FIOS. The number of rotatable bonds is 2. The zero-order valence-corrected chi connectivity index (χ0v) is 10.5. The fourth-order valence-corrected chi connectivity index (χ4v) is 3.51. The average Bonchev–Trinajstić information content (AvgIpc) is 2.46. The minimum atomic E-state index is -0.172. The lowest BCUT2D eigenvalue weighted by molar-refractivity contribution is 0.348. The van der Waals surface area contributed by atoms with E-state index in [1.165, 1.54) is 17.4 Å². The molecule has 74 valence electrons. The maximum absolute atomic E-state index is 13.4. The minimum absolute atomic E-state index is 0.172. The Balaban J connectivity index is 2.68. The second-order valence-electron chi connectivity index (χ2n) is 2.75. The number of halogens is 2. The molecule has 0 aliphatic heterocycles. The van der Waals surface area contributed by atoms with Crippen molar-refractivity contribution in [2.75, 3.05) is 6.61 Å². The summed E-state index contributed by atoms with van der Waals surface area (Å²) in [5.41, 5.74) is 0. The SMILES string of the molecule is CCOc1sc2cccc(F)c2c1I. The predicted octanol–water partition coefficient (Wildman–Crippen LogP) is 4.04. The molecule has 2 aromatic rings. The van der Waals surface area contributed by atoms with Crippen LogP contribution in [0, 0.1) is 9.39 Å². The van der Waals surface area contributed by atoms with Gasteiger partial charge in [-0.1, -0.05) is 17.4 Å². The molecule has 0 amide bonds. The highest BCUT2D eigenvalue weighted by Gasteiger charge is 2.13. The van der Waals surface area contributed by atoms with E-state index in [2.05, 4.69) is 22.6 Å². The van der Waals surface area contributed by atoms with Gasteiger partial charge in [-0.25, -0.2) is 4.39 Å². The van der Waals surface area contributed by atoms with Crippen LogP contribution in [0.1, 0.15) is 6.92 Å². The third-order valence-corrected chi connectivity index (χ3v) is 4.31. The van der Waals surface area contributed by atoms with Crippen molar-refractivity contribution in [2.45, 2.75) is 6.92 Å². The van der Waals surface area contributed by atoms with Crippen LogP contribution >= 0.6 is 33.9 Å². The smallest absolute Gasteiger partial charge is 0.188 e. The third kappa shape index (κ3) is 1.61. The van der Waals surface area contributed by atoms with Crippen molar-refractivity contribution >= 4 is 44.0 Å². The minimum Gasteiger partial charge on any atom is -0.483 e. The fraction of sp³-hybridized carbons (Fsp3) is 0.200. The van der Waals surface area contributed by atoms with E-state index >= 15 is 0 Å². The number of fused-ring (bicyclic) bond motifs is 1. The number of thiophene rings is 1. The lowest BCUT2D eigenvalue weighted by Crippen LogP contribution is -1.89. The van der Waals surface area contributed by atoms with E-state index in [1.807, 2.05) is 13.0 Å². The van der Waals surface area contributed by atoms with E-state index < -0.39 is 0 Å². The van der Waals surface area contributed by atoms with E-state index in [0.717, 1.165) is 13.3 Å². The summed E-state index contributed by atoms with van der Waals surface area (Å²) in [6.45, 7) is 2.54. The normalized spacial score (nSPS) is 10.8. The van der Waals surface area contributed by atoms with E-state index in [0.29, 0.717) is 12.0 Å². The topological polar surface area (TPSA) is 9.23 Å². The first-order valence-electron chi connectivity index (χ1n) is 4.23. The van der Waals surface area contributed by atoms with Crippen molar-refractivity contribution in [2.24, 2.45) is 0 Å². The molecule has 4 heteroatoms. The van der Waals surface area contributed by atoms with Gasteiger partial charge in [0.25, 0.3) is 0 Å². The molecule has 0 saturated heterocycles. The fourth-order valence-electron chi connectivity index (χ4n) is 1.27. The molecule has 0 unspecified atom stereocenters. The second-order valence-corrected chi connectivity index (χ2v) is 4.84. The Morgan fingerprint density at radius 2 is 2.29 bits per heavy atom. The lowest BCUT2D eigenvalue weighted by atomic mass is 10.2. The van der Waals surface area contributed by atoms with Crippen molar-refractivity contribution in [3.8, 4) is 5.06 Å². The predicted molar refractivity (Wildman–Crippen MR) is 65.7 cm³/mol. The van der Waals surface area contributed by atoms with Crippen LogP contribution in [0.4, 0.5) is 4.39 Å². The molecule has 0 saturated carbocycles. The Labute approximate surface area is 99.0 Å². The highest BCUT2D eigenvalue weighted by molar-refractivity contribution is 14.1.